The number of carbonyl (C=O) groups is 4. The molecule has 2 aliphatic rings. The minimum Gasteiger partial charge on any atom is -0.481 e. The number of aliphatic hydroxyl groups excluding tert-OH is 2. The lowest BCUT2D eigenvalue weighted by Crippen LogP contribution is -2.53. The molecule has 0 spiro atoms. The number of unbranched alkanes of at least 4 members (excludes halogenated alkanes) is 4. The van der Waals surface area contributed by atoms with Gasteiger partial charge in [-0.15, -0.1) is 0 Å². The van der Waals surface area contributed by atoms with Crippen LogP contribution < -0.4 is 21.7 Å². The fraction of sp³-hybridized carbons (Fsp3) is 0.588. The van der Waals surface area contributed by atoms with E-state index in [4.69, 9.17) is 10.8 Å². The zero-order valence-corrected chi connectivity index (χ0v) is 51.7. The maximum absolute atomic E-state index is 14.0. The van der Waals surface area contributed by atoms with E-state index < -0.39 is 53.5 Å². The standard InChI is InChI=1S/C34H48F2N2O4.C26H36F2N2O.C8H14O4/c1-33(2,3)25-12-11-13-26(21-25)34(16-9-6-10-17-34)37-23-30(39)29(20-24-18-27(35)22-28(36)19-24)38-31(40)14-7-5-8-15-32(41)42-4;1-25(2,3)19-8-7-9-20(15-19)26(10-5-4-6-11-26)30-17-24(31)23(29)14-18-12-21(27)16-22(28)13-18;1-12-8(11)6-4-2-3-5-7(9)10/h11-13,18-19,21-22,29-30,37,39H,5-10,14-17,20,23H2,1-4H3,(H,38,40);7-9,12-13,15-16,23-24,30-31H,4-6,10-11,14,17,29H2,1-3H3;2-6H2,1H3,(H,9,10)/t29-,30+;23-,24+;/m00./s1. The number of benzene rings is 4. The molecule has 2 saturated carbocycles. The number of rotatable bonds is 27. The van der Waals surface area contributed by atoms with Crippen LogP contribution in [0, 0.1) is 23.3 Å². The Labute approximate surface area is 503 Å². The van der Waals surface area contributed by atoms with Crippen LogP contribution in [0.15, 0.2) is 84.9 Å². The summed E-state index contributed by atoms with van der Waals surface area (Å²) in [5, 5.41) is 40.6. The van der Waals surface area contributed by atoms with Crippen LogP contribution in [0.25, 0.3) is 0 Å². The third kappa shape index (κ3) is 25.3. The van der Waals surface area contributed by atoms with Crippen LogP contribution in [-0.2, 0) is 63.4 Å². The molecule has 0 bridgehead atoms. The number of esters is 2. The van der Waals surface area contributed by atoms with Gasteiger partial charge in [0.2, 0.25) is 5.91 Å². The Hall–Kier alpha value is -5.72. The first-order valence-electron chi connectivity index (χ1n) is 30.6. The summed E-state index contributed by atoms with van der Waals surface area (Å²) in [6.45, 7) is 13.8. The quantitative estimate of drug-likeness (QED) is 0.0169. The second-order valence-electron chi connectivity index (χ2n) is 25.3. The first kappa shape index (κ1) is 71.8. The highest BCUT2D eigenvalue weighted by atomic mass is 19.1. The molecule has 0 unspecified atom stereocenters. The number of halogens is 4. The summed E-state index contributed by atoms with van der Waals surface area (Å²) in [5.74, 6) is -4.21. The molecule has 2 aliphatic carbocycles. The molecule has 0 aliphatic heterocycles. The highest BCUT2D eigenvalue weighted by molar-refractivity contribution is 5.76. The second kappa shape index (κ2) is 35.2. The number of aliphatic hydroxyl groups is 2. The second-order valence-corrected chi connectivity index (χ2v) is 25.3. The van der Waals surface area contributed by atoms with Crippen LogP contribution in [0.5, 0.6) is 0 Å². The predicted octanol–water partition coefficient (Wildman–Crippen LogP) is 12.4. The maximum Gasteiger partial charge on any atom is 0.305 e. The van der Waals surface area contributed by atoms with Gasteiger partial charge in [0.1, 0.15) is 23.3 Å². The summed E-state index contributed by atoms with van der Waals surface area (Å²) in [7, 11) is 2.69. The van der Waals surface area contributed by atoms with Crippen LogP contribution >= 0.6 is 0 Å². The summed E-state index contributed by atoms with van der Waals surface area (Å²) in [5.41, 5.74) is 11.6. The molecule has 6 rings (SSSR count). The molecule has 2 fully saturated rings. The van der Waals surface area contributed by atoms with Crippen molar-refractivity contribution in [3.63, 3.8) is 0 Å². The number of ether oxygens (including phenoxy) is 2. The molecule has 0 radical (unpaired) electrons. The van der Waals surface area contributed by atoms with Gasteiger partial charge >= 0.3 is 17.9 Å². The number of nitrogens with one attached hydrogen (secondary N) is 3. The lowest BCUT2D eigenvalue weighted by molar-refractivity contribution is -0.141. The number of methoxy groups -OCH3 is 2. The van der Waals surface area contributed by atoms with Gasteiger partial charge in [0, 0.05) is 68.0 Å². The van der Waals surface area contributed by atoms with Crippen molar-refractivity contribution in [1.82, 2.24) is 16.0 Å². The van der Waals surface area contributed by atoms with Gasteiger partial charge in [-0.25, -0.2) is 17.6 Å². The average molecular weight is 1190 g/mol. The topological polar surface area (TPSA) is 210 Å². The molecule has 1 amide bonds. The maximum atomic E-state index is 14.0. The van der Waals surface area contributed by atoms with E-state index >= 15 is 0 Å². The van der Waals surface area contributed by atoms with Crippen LogP contribution in [0.1, 0.15) is 203 Å². The molecule has 4 atom stereocenters. The van der Waals surface area contributed by atoms with E-state index in [-0.39, 0.29) is 72.0 Å². The summed E-state index contributed by atoms with van der Waals surface area (Å²) in [6, 6.07) is 22.7. The van der Waals surface area contributed by atoms with Crippen LogP contribution in [0.4, 0.5) is 17.6 Å². The van der Waals surface area contributed by atoms with Crippen molar-refractivity contribution in [2.45, 2.75) is 229 Å². The Balaban J connectivity index is 0.000000314. The Morgan fingerprint density at radius 3 is 1.33 bits per heavy atom. The van der Waals surface area contributed by atoms with E-state index in [0.717, 1.165) is 76.3 Å². The van der Waals surface area contributed by atoms with Crippen LogP contribution in [-0.4, -0.2) is 90.7 Å². The number of amides is 1. The molecule has 4 aromatic carbocycles. The number of hydrogen-bond acceptors (Lipinski definition) is 11. The van der Waals surface area contributed by atoms with E-state index in [1.54, 1.807) is 0 Å². The smallest absolute Gasteiger partial charge is 0.305 e. The first-order chi connectivity index (χ1) is 40.2. The number of aliphatic carboxylic acids is 1. The molecule has 0 aromatic heterocycles. The molecular weight excluding hydrogens is 1090 g/mol. The van der Waals surface area contributed by atoms with Gasteiger partial charge in [0.25, 0.3) is 0 Å². The number of carbonyl (C=O) groups excluding carboxylic acids is 3. The Bertz CT molecular complexity index is 2660. The van der Waals surface area contributed by atoms with Crippen molar-refractivity contribution in [3.05, 3.63) is 142 Å². The summed E-state index contributed by atoms with van der Waals surface area (Å²) >= 11 is 0. The van der Waals surface area contributed by atoms with Crippen molar-refractivity contribution in [1.29, 1.82) is 0 Å². The third-order valence-electron chi connectivity index (χ3n) is 16.4. The zero-order valence-electron chi connectivity index (χ0n) is 51.7. The minimum absolute atomic E-state index is 0.000295. The predicted molar refractivity (Wildman–Crippen MR) is 326 cm³/mol. The van der Waals surface area contributed by atoms with Gasteiger partial charge in [-0.2, -0.15) is 0 Å². The Morgan fingerprint density at radius 1 is 0.541 bits per heavy atom. The third-order valence-corrected chi connectivity index (χ3v) is 16.4. The summed E-state index contributed by atoms with van der Waals surface area (Å²) in [6.07, 6.45) is 14.2. The zero-order chi connectivity index (χ0) is 62.8. The normalized spacial score (nSPS) is 16.2. The Kier molecular flexibility index (Phi) is 29.7. The van der Waals surface area contributed by atoms with Gasteiger partial charge in [-0.1, -0.05) is 141 Å². The summed E-state index contributed by atoms with van der Waals surface area (Å²) in [4.78, 5) is 44.8. The highest BCUT2D eigenvalue weighted by Gasteiger charge is 2.37. The Morgan fingerprint density at radius 2 is 0.929 bits per heavy atom. The minimum atomic E-state index is -0.996. The number of carboxylic acid groups (broad SMARTS) is 1. The lowest BCUT2D eigenvalue weighted by atomic mass is 9.74. The van der Waals surface area contributed by atoms with Crippen molar-refractivity contribution in [2.24, 2.45) is 5.73 Å². The van der Waals surface area contributed by atoms with Crippen molar-refractivity contribution in [2.75, 3.05) is 27.3 Å². The van der Waals surface area contributed by atoms with Gasteiger partial charge < -0.3 is 46.5 Å². The molecule has 13 nitrogen and oxygen atoms in total. The fourth-order valence-electron chi connectivity index (χ4n) is 11.2. The van der Waals surface area contributed by atoms with Gasteiger partial charge in [-0.3, -0.25) is 19.2 Å². The number of carboxylic acids is 1. The molecule has 4 aromatic rings. The molecule has 0 heterocycles. The first-order valence-corrected chi connectivity index (χ1v) is 30.6. The monoisotopic (exact) mass is 1190 g/mol. The van der Waals surface area contributed by atoms with Crippen molar-refractivity contribution in [3.8, 4) is 0 Å². The van der Waals surface area contributed by atoms with Crippen LogP contribution in [0.3, 0.4) is 0 Å². The number of nitrogens with two attached hydrogens (primary N) is 1. The van der Waals surface area contributed by atoms with E-state index in [1.807, 2.05) is 0 Å². The molecule has 8 N–H and O–H groups in total. The molecule has 0 saturated heterocycles. The van der Waals surface area contributed by atoms with Crippen molar-refractivity contribution < 1.29 is 61.5 Å². The van der Waals surface area contributed by atoms with Gasteiger partial charge in [-0.05, 0) is 133 Å². The van der Waals surface area contributed by atoms with E-state index in [0.29, 0.717) is 62.6 Å². The van der Waals surface area contributed by atoms with E-state index in [1.165, 1.54) is 67.2 Å². The molecule has 472 valence electrons. The van der Waals surface area contributed by atoms with Crippen LogP contribution in [0.2, 0.25) is 0 Å². The fourth-order valence-corrected chi connectivity index (χ4v) is 11.2. The number of hydrogen-bond donors (Lipinski definition) is 7. The molecular formula is C68H98F4N4O9. The highest BCUT2D eigenvalue weighted by Crippen LogP contribution is 2.40. The lowest BCUT2D eigenvalue weighted by Gasteiger charge is -2.41. The van der Waals surface area contributed by atoms with Gasteiger partial charge in [0.05, 0.1) is 32.5 Å². The molecule has 17 heteroatoms. The SMILES string of the molecule is CC(C)(C)c1cccc(C2(NC[C@@H](O)[C@@H](N)Cc3cc(F)cc(F)c3)CCCCC2)c1.COC(=O)CCCCCC(=O)N[C@@H](Cc1cc(F)cc(F)c1)[C@H](O)CNC1(c2cccc(C(C)(C)C)c2)CCCCC1.COC(=O)CCCCCC(=O)O. The largest absolute Gasteiger partial charge is 0.481 e. The van der Waals surface area contributed by atoms with E-state index in [9.17, 15) is 47.0 Å². The molecule has 85 heavy (non-hydrogen) atoms. The van der Waals surface area contributed by atoms with E-state index in [2.05, 4.69) is 115 Å². The summed E-state index contributed by atoms with van der Waals surface area (Å²) < 4.78 is 64.0. The van der Waals surface area contributed by atoms with Crippen molar-refractivity contribution >= 4 is 23.8 Å². The van der Waals surface area contributed by atoms with Gasteiger partial charge in [0.15, 0.2) is 0 Å². The average Bonchev–Trinajstić information content (AvgIpc) is 1.53.